The molecule has 2 aromatic heterocycles. The summed E-state index contributed by atoms with van der Waals surface area (Å²) < 4.78 is 63.5. The maximum atomic E-state index is 12.2. The number of benzene rings is 1. The molecule has 1 aromatic carbocycles. The van der Waals surface area contributed by atoms with E-state index in [1.165, 1.54) is 24.0 Å². The van der Waals surface area contributed by atoms with Crippen LogP contribution in [0.1, 0.15) is 36.8 Å². The molecule has 5 rings (SSSR count). The van der Waals surface area contributed by atoms with E-state index in [0.717, 1.165) is 43.7 Å². The third-order valence-corrected chi connectivity index (χ3v) is 7.22. The Morgan fingerprint density at radius 2 is 1.50 bits per heavy atom. The highest BCUT2D eigenvalue weighted by atomic mass is 19.4. The molecule has 1 spiro atoms. The molecule has 3 aromatic rings. The molecule has 1 aliphatic carbocycles. The summed E-state index contributed by atoms with van der Waals surface area (Å²) in [5, 5.41) is 31.5. The molecule has 11 nitrogen and oxygen atoms in total. The largest absolute Gasteiger partial charge is 0.490 e. The summed E-state index contributed by atoms with van der Waals surface area (Å²) in [6.07, 6.45) is 0.322. The molecule has 2 aliphatic rings. The van der Waals surface area contributed by atoms with Crippen LogP contribution in [-0.2, 0) is 27.3 Å². The lowest BCUT2D eigenvalue weighted by molar-refractivity contribution is -0.193. The first-order valence-electron chi connectivity index (χ1n) is 13.3. The van der Waals surface area contributed by atoms with Gasteiger partial charge < -0.3 is 15.5 Å². The Morgan fingerprint density at radius 3 is 2.00 bits per heavy atom. The Kier molecular flexibility index (Phi) is 11.1. The number of nitrogens with zero attached hydrogens (tertiary/aromatic N) is 3. The number of carboxylic acids is 2. The van der Waals surface area contributed by atoms with Crippen molar-refractivity contribution in [3.63, 3.8) is 0 Å². The fraction of sp³-hybridized carbons (Fsp3) is 0.444. The number of aliphatic carboxylic acids is 2. The van der Waals surface area contributed by atoms with Crippen LogP contribution in [0.15, 0.2) is 48.9 Å². The minimum atomic E-state index is -5.08. The van der Waals surface area contributed by atoms with Crippen molar-refractivity contribution >= 4 is 17.8 Å². The lowest BCUT2D eigenvalue weighted by atomic mass is 9.60. The zero-order valence-corrected chi connectivity index (χ0v) is 23.1. The van der Waals surface area contributed by atoms with Gasteiger partial charge in [-0.05, 0) is 55.3 Å². The number of rotatable bonds is 6. The molecule has 0 radical (unpaired) electrons. The van der Waals surface area contributed by atoms with Crippen molar-refractivity contribution in [2.45, 2.75) is 57.0 Å². The number of carbonyl (C=O) groups excluding carboxylic acids is 1. The van der Waals surface area contributed by atoms with Crippen molar-refractivity contribution in [1.29, 1.82) is 0 Å². The van der Waals surface area contributed by atoms with Crippen molar-refractivity contribution in [2.24, 2.45) is 5.41 Å². The van der Waals surface area contributed by atoms with E-state index in [2.05, 4.69) is 54.9 Å². The van der Waals surface area contributed by atoms with Gasteiger partial charge in [0.1, 0.15) is 0 Å². The number of carbonyl (C=O) groups is 3. The molecule has 3 heterocycles. The number of likely N-dealkylation sites (tertiary alicyclic amines) is 1. The summed E-state index contributed by atoms with van der Waals surface area (Å²) >= 11 is 0. The summed E-state index contributed by atoms with van der Waals surface area (Å²) in [4.78, 5) is 32.5. The lowest BCUT2D eigenvalue weighted by Gasteiger charge is -2.52. The molecule has 0 atom stereocenters. The smallest absolute Gasteiger partial charge is 0.475 e. The molecular weight excluding hydrogens is 602 g/mol. The first-order valence-corrected chi connectivity index (χ1v) is 13.3. The van der Waals surface area contributed by atoms with E-state index < -0.39 is 24.3 Å². The zero-order chi connectivity index (χ0) is 32.5. The highest BCUT2D eigenvalue weighted by Crippen LogP contribution is 2.49. The van der Waals surface area contributed by atoms with Gasteiger partial charge in [0.2, 0.25) is 5.91 Å². The van der Waals surface area contributed by atoms with E-state index in [4.69, 9.17) is 19.8 Å². The SMILES string of the molecule is O=C(Cc1cn[nH]c1)NC1CC2(CCN(Cc3cn[nH]c3-c3ccccc3)CC2)C1.O=C(O)C(F)(F)F.O=C(O)C(F)(F)F. The van der Waals surface area contributed by atoms with Crippen LogP contribution in [0.3, 0.4) is 0 Å². The van der Waals surface area contributed by atoms with E-state index in [1.54, 1.807) is 12.4 Å². The fourth-order valence-electron chi connectivity index (χ4n) is 5.05. The van der Waals surface area contributed by atoms with Crippen LogP contribution in [0.25, 0.3) is 11.3 Å². The van der Waals surface area contributed by atoms with E-state index in [0.29, 0.717) is 17.9 Å². The number of hydrogen-bond donors (Lipinski definition) is 5. The lowest BCUT2D eigenvalue weighted by Crippen LogP contribution is -2.55. The van der Waals surface area contributed by atoms with Crippen LogP contribution in [0.2, 0.25) is 0 Å². The van der Waals surface area contributed by atoms with Gasteiger partial charge in [-0.1, -0.05) is 30.3 Å². The Labute approximate surface area is 246 Å². The average molecular weight is 633 g/mol. The van der Waals surface area contributed by atoms with Gasteiger partial charge in [-0.15, -0.1) is 0 Å². The van der Waals surface area contributed by atoms with Crippen LogP contribution < -0.4 is 5.32 Å². The highest BCUT2D eigenvalue weighted by Gasteiger charge is 2.46. The number of amides is 1. The van der Waals surface area contributed by atoms with Gasteiger partial charge >= 0.3 is 24.3 Å². The molecule has 44 heavy (non-hydrogen) atoms. The Balaban J connectivity index is 0.000000317. The molecule has 1 saturated carbocycles. The Bertz CT molecular complexity index is 1340. The number of nitrogens with one attached hydrogen (secondary N) is 3. The van der Waals surface area contributed by atoms with Crippen LogP contribution in [0.4, 0.5) is 26.3 Å². The number of aromatic amines is 2. The molecule has 240 valence electrons. The Hall–Kier alpha value is -4.41. The quantitative estimate of drug-likeness (QED) is 0.253. The third-order valence-electron chi connectivity index (χ3n) is 7.22. The molecule has 1 aliphatic heterocycles. The van der Waals surface area contributed by atoms with Gasteiger partial charge in [-0.2, -0.15) is 36.5 Å². The number of hydrogen-bond acceptors (Lipinski definition) is 6. The van der Waals surface area contributed by atoms with Gasteiger partial charge in [0.05, 0.1) is 24.5 Å². The van der Waals surface area contributed by atoms with Crippen molar-refractivity contribution < 1.29 is 50.9 Å². The van der Waals surface area contributed by atoms with Gasteiger partial charge in [0, 0.05) is 24.3 Å². The van der Waals surface area contributed by atoms with Gasteiger partial charge in [0.25, 0.3) is 0 Å². The molecule has 2 fully saturated rings. The van der Waals surface area contributed by atoms with Crippen molar-refractivity contribution in [3.8, 4) is 11.3 Å². The zero-order valence-electron chi connectivity index (χ0n) is 23.1. The number of piperidine rings is 1. The molecule has 1 saturated heterocycles. The number of halogens is 6. The van der Waals surface area contributed by atoms with Crippen molar-refractivity contribution in [2.75, 3.05) is 13.1 Å². The number of H-pyrrole nitrogens is 2. The first kappa shape index (κ1) is 34.1. The standard InChI is InChI=1S/C23H28N6O.2C2HF3O2/c30-21(10-17-13-24-25-14-17)27-20-11-23(12-20)6-8-29(9-7-23)16-19-15-26-28-22(19)18-4-2-1-3-5-18;2*3-2(4,5)1(6)7/h1-5,13-15,20H,6-12,16H2,(H,24,25)(H,26,28)(H,27,30);2*(H,6,7). The number of carboxylic acid groups (broad SMARTS) is 2. The molecule has 0 unspecified atom stereocenters. The summed E-state index contributed by atoms with van der Waals surface area (Å²) in [6.45, 7) is 3.14. The maximum Gasteiger partial charge on any atom is 0.490 e. The van der Waals surface area contributed by atoms with Crippen LogP contribution >= 0.6 is 0 Å². The van der Waals surface area contributed by atoms with Gasteiger partial charge in [-0.25, -0.2) is 9.59 Å². The van der Waals surface area contributed by atoms with Gasteiger partial charge in [0.15, 0.2) is 0 Å². The van der Waals surface area contributed by atoms with E-state index >= 15 is 0 Å². The van der Waals surface area contributed by atoms with E-state index in [-0.39, 0.29) is 5.91 Å². The molecule has 1 amide bonds. The monoisotopic (exact) mass is 632 g/mol. The normalized spacial score (nSPS) is 16.5. The minimum Gasteiger partial charge on any atom is -0.475 e. The predicted octanol–water partition coefficient (Wildman–Crippen LogP) is 4.17. The second-order valence-electron chi connectivity index (χ2n) is 10.5. The molecule has 5 N–H and O–H groups in total. The predicted molar refractivity (Wildman–Crippen MR) is 142 cm³/mol. The van der Waals surface area contributed by atoms with Crippen molar-refractivity contribution in [1.82, 2.24) is 30.6 Å². The third kappa shape index (κ3) is 10.1. The van der Waals surface area contributed by atoms with Crippen molar-refractivity contribution in [3.05, 3.63) is 60.0 Å². The van der Waals surface area contributed by atoms with Crippen LogP contribution in [0, 0.1) is 5.41 Å². The second kappa shape index (κ2) is 14.4. The first-order chi connectivity index (χ1) is 20.6. The molecule has 0 bridgehead atoms. The highest BCUT2D eigenvalue weighted by molar-refractivity contribution is 5.78. The summed E-state index contributed by atoms with van der Waals surface area (Å²) in [6, 6.07) is 10.7. The average Bonchev–Trinajstić information content (AvgIpc) is 3.61. The number of aromatic nitrogens is 4. The van der Waals surface area contributed by atoms with Crippen LogP contribution in [-0.4, -0.2) is 84.8 Å². The summed E-state index contributed by atoms with van der Waals surface area (Å²) in [7, 11) is 0. The second-order valence-corrected chi connectivity index (χ2v) is 10.5. The van der Waals surface area contributed by atoms with Gasteiger partial charge in [-0.3, -0.25) is 19.9 Å². The minimum absolute atomic E-state index is 0.0992. The fourth-order valence-corrected chi connectivity index (χ4v) is 5.05. The summed E-state index contributed by atoms with van der Waals surface area (Å²) in [5.41, 5.74) is 4.92. The topological polar surface area (TPSA) is 164 Å². The number of alkyl halides is 6. The van der Waals surface area contributed by atoms with E-state index in [1.807, 2.05) is 12.3 Å². The summed E-state index contributed by atoms with van der Waals surface area (Å²) in [5.74, 6) is -5.41. The maximum absolute atomic E-state index is 12.2. The molecular formula is C27H30F6N6O5. The molecule has 17 heteroatoms. The Morgan fingerprint density at radius 1 is 0.932 bits per heavy atom. The van der Waals surface area contributed by atoms with Crippen LogP contribution in [0.5, 0.6) is 0 Å². The van der Waals surface area contributed by atoms with E-state index in [9.17, 15) is 31.1 Å².